The van der Waals surface area contributed by atoms with Crippen molar-refractivity contribution in [2.45, 2.75) is 50.8 Å². The standard InChI is InChI=1S/C22H26N4O4/c1-13(2)14-6-7-21(29-3)17(9-14)16-10-18(20(28)11-19(16)27)22(23-25-26-24-22)12-15-5-4-8-30-15/h6-7,9-11,13,15,27-28H,4-5,8,12H2,1-3H3. The van der Waals surface area contributed by atoms with E-state index >= 15 is 0 Å². The quantitative estimate of drug-likeness (QED) is 0.660. The van der Waals surface area contributed by atoms with E-state index in [0.717, 1.165) is 24.0 Å². The van der Waals surface area contributed by atoms with E-state index in [4.69, 9.17) is 9.47 Å². The van der Waals surface area contributed by atoms with Gasteiger partial charge in [0.15, 0.2) is 0 Å². The molecule has 1 fully saturated rings. The minimum absolute atomic E-state index is 0.0449. The van der Waals surface area contributed by atoms with Gasteiger partial charge in [-0.25, -0.2) is 0 Å². The molecule has 8 nitrogen and oxygen atoms in total. The lowest BCUT2D eigenvalue weighted by molar-refractivity contribution is 0.0833. The Balaban J connectivity index is 1.85. The maximum atomic E-state index is 10.7. The van der Waals surface area contributed by atoms with Crippen molar-refractivity contribution in [2.75, 3.05) is 13.7 Å². The molecule has 2 aromatic carbocycles. The van der Waals surface area contributed by atoms with E-state index in [9.17, 15) is 10.2 Å². The van der Waals surface area contributed by atoms with Crippen LogP contribution in [0.1, 0.15) is 50.2 Å². The second kappa shape index (κ2) is 8.02. The predicted molar refractivity (Wildman–Crippen MR) is 111 cm³/mol. The lowest BCUT2D eigenvalue weighted by Gasteiger charge is -2.25. The SMILES string of the molecule is COc1ccc(C(C)C)cc1-c1cc(C2(CC3CCCO3)N=NN=N2)c(O)cc1O. The molecule has 0 bridgehead atoms. The summed E-state index contributed by atoms with van der Waals surface area (Å²) in [5, 5.41) is 37.3. The molecule has 2 heterocycles. The lowest BCUT2D eigenvalue weighted by atomic mass is 9.88. The number of hydrogen-bond acceptors (Lipinski definition) is 8. The fourth-order valence-electron chi connectivity index (χ4n) is 4.04. The number of rotatable bonds is 6. The summed E-state index contributed by atoms with van der Waals surface area (Å²) < 4.78 is 11.3. The number of phenolic OH excluding ortho intramolecular Hbond substituents is 2. The molecule has 0 radical (unpaired) electrons. The summed E-state index contributed by atoms with van der Waals surface area (Å²) in [6.07, 6.45) is 2.24. The summed E-state index contributed by atoms with van der Waals surface area (Å²) in [5.41, 5.74) is 1.60. The molecule has 0 spiro atoms. The summed E-state index contributed by atoms with van der Waals surface area (Å²) in [4.78, 5) is 0. The third-order valence-corrected chi connectivity index (χ3v) is 5.72. The van der Waals surface area contributed by atoms with Gasteiger partial charge in [-0.05, 0) is 53.0 Å². The number of aromatic hydroxyl groups is 2. The molecule has 0 amide bonds. The predicted octanol–water partition coefficient (Wildman–Crippen LogP) is 5.45. The van der Waals surface area contributed by atoms with E-state index in [0.29, 0.717) is 35.8 Å². The van der Waals surface area contributed by atoms with Gasteiger partial charge in [0.05, 0.1) is 13.2 Å². The minimum atomic E-state index is -1.18. The topological polar surface area (TPSA) is 108 Å². The fourth-order valence-corrected chi connectivity index (χ4v) is 4.04. The fraction of sp³-hybridized carbons (Fsp3) is 0.455. The Morgan fingerprint density at radius 2 is 1.87 bits per heavy atom. The molecule has 158 valence electrons. The molecular weight excluding hydrogens is 384 g/mol. The van der Waals surface area contributed by atoms with E-state index in [1.54, 1.807) is 13.2 Å². The molecule has 2 N–H and O–H groups in total. The van der Waals surface area contributed by atoms with Gasteiger partial charge in [0.25, 0.3) is 0 Å². The van der Waals surface area contributed by atoms with E-state index in [1.807, 2.05) is 18.2 Å². The van der Waals surface area contributed by atoms with Gasteiger partial charge in [0.1, 0.15) is 17.2 Å². The Morgan fingerprint density at radius 3 is 2.50 bits per heavy atom. The molecule has 0 aromatic heterocycles. The number of phenols is 2. The van der Waals surface area contributed by atoms with Crippen molar-refractivity contribution in [3.05, 3.63) is 41.5 Å². The lowest BCUT2D eigenvalue weighted by Crippen LogP contribution is -2.25. The van der Waals surface area contributed by atoms with Crippen molar-refractivity contribution < 1.29 is 19.7 Å². The van der Waals surface area contributed by atoms with Gasteiger partial charge in [0.2, 0.25) is 5.66 Å². The third-order valence-electron chi connectivity index (χ3n) is 5.72. The van der Waals surface area contributed by atoms with Crippen LogP contribution in [0.4, 0.5) is 0 Å². The van der Waals surface area contributed by atoms with Gasteiger partial charge in [0, 0.05) is 35.8 Å². The highest BCUT2D eigenvalue weighted by atomic mass is 16.5. The number of nitrogens with zero attached hydrogens (tertiary/aromatic N) is 4. The first-order valence-corrected chi connectivity index (χ1v) is 10.1. The zero-order chi connectivity index (χ0) is 21.3. The smallest absolute Gasteiger partial charge is 0.226 e. The highest BCUT2D eigenvalue weighted by Crippen LogP contribution is 2.48. The van der Waals surface area contributed by atoms with Crippen molar-refractivity contribution in [2.24, 2.45) is 20.7 Å². The largest absolute Gasteiger partial charge is 0.507 e. The second-order valence-corrected chi connectivity index (χ2v) is 8.04. The van der Waals surface area contributed by atoms with Crippen LogP contribution < -0.4 is 4.74 Å². The molecule has 4 rings (SSSR count). The van der Waals surface area contributed by atoms with Crippen LogP contribution in [-0.2, 0) is 10.4 Å². The summed E-state index contributed by atoms with van der Waals surface area (Å²) in [6, 6.07) is 8.89. The van der Waals surface area contributed by atoms with Gasteiger partial charge in [-0.15, -0.1) is 10.2 Å². The number of hydrogen-bond donors (Lipinski definition) is 2. The van der Waals surface area contributed by atoms with E-state index in [2.05, 4.69) is 34.5 Å². The number of ether oxygens (including phenoxy) is 2. The molecule has 30 heavy (non-hydrogen) atoms. The first kappa shape index (κ1) is 20.3. The van der Waals surface area contributed by atoms with Crippen LogP contribution >= 0.6 is 0 Å². The van der Waals surface area contributed by atoms with Crippen molar-refractivity contribution in [1.29, 1.82) is 0 Å². The molecule has 1 atom stereocenters. The normalized spacial score (nSPS) is 19.7. The Morgan fingerprint density at radius 1 is 1.10 bits per heavy atom. The van der Waals surface area contributed by atoms with Crippen LogP contribution in [0, 0.1) is 0 Å². The van der Waals surface area contributed by atoms with Crippen molar-refractivity contribution in [3.63, 3.8) is 0 Å². The minimum Gasteiger partial charge on any atom is -0.507 e. The Kier molecular flexibility index (Phi) is 5.42. The summed E-state index contributed by atoms with van der Waals surface area (Å²) in [6.45, 7) is 4.90. The molecule has 1 saturated heterocycles. The highest BCUT2D eigenvalue weighted by Gasteiger charge is 2.42. The summed E-state index contributed by atoms with van der Waals surface area (Å²) >= 11 is 0. The monoisotopic (exact) mass is 410 g/mol. The molecule has 2 aliphatic rings. The first-order valence-electron chi connectivity index (χ1n) is 10.1. The zero-order valence-electron chi connectivity index (χ0n) is 17.4. The van der Waals surface area contributed by atoms with Crippen LogP contribution in [0.25, 0.3) is 11.1 Å². The molecule has 8 heteroatoms. The average Bonchev–Trinajstić information content (AvgIpc) is 3.40. The maximum absolute atomic E-state index is 10.7. The average molecular weight is 410 g/mol. The molecule has 0 saturated carbocycles. The second-order valence-electron chi connectivity index (χ2n) is 8.04. The Bertz CT molecular complexity index is 985. The summed E-state index contributed by atoms with van der Waals surface area (Å²) in [5.74, 6) is 0.744. The van der Waals surface area contributed by atoms with E-state index in [1.165, 1.54) is 6.07 Å². The van der Waals surface area contributed by atoms with E-state index < -0.39 is 5.66 Å². The molecule has 2 aliphatic heterocycles. The van der Waals surface area contributed by atoms with Gasteiger partial charge in [-0.3, -0.25) is 0 Å². The van der Waals surface area contributed by atoms with Gasteiger partial charge >= 0.3 is 0 Å². The zero-order valence-corrected chi connectivity index (χ0v) is 17.4. The van der Waals surface area contributed by atoms with Crippen molar-refractivity contribution in [3.8, 4) is 28.4 Å². The van der Waals surface area contributed by atoms with Crippen LogP contribution in [0.3, 0.4) is 0 Å². The maximum Gasteiger partial charge on any atom is 0.226 e. The van der Waals surface area contributed by atoms with Crippen molar-refractivity contribution in [1.82, 2.24) is 0 Å². The van der Waals surface area contributed by atoms with Crippen molar-refractivity contribution >= 4 is 0 Å². The van der Waals surface area contributed by atoms with Gasteiger partial charge in [-0.2, -0.15) is 0 Å². The van der Waals surface area contributed by atoms with Crippen LogP contribution in [0.15, 0.2) is 51.0 Å². The van der Waals surface area contributed by atoms with Gasteiger partial charge in [-0.1, -0.05) is 19.9 Å². The Hall–Kier alpha value is -3.00. The molecule has 0 aliphatic carbocycles. The number of methoxy groups -OCH3 is 1. The highest BCUT2D eigenvalue weighted by molar-refractivity contribution is 5.78. The third kappa shape index (κ3) is 3.63. The molecule has 2 aromatic rings. The van der Waals surface area contributed by atoms with Crippen LogP contribution in [0.2, 0.25) is 0 Å². The van der Waals surface area contributed by atoms with E-state index in [-0.39, 0.29) is 17.6 Å². The number of benzene rings is 2. The molecular formula is C22H26N4O4. The first-order chi connectivity index (χ1) is 14.4. The van der Waals surface area contributed by atoms with Crippen LogP contribution in [0.5, 0.6) is 17.2 Å². The molecule has 1 unspecified atom stereocenters. The van der Waals surface area contributed by atoms with Crippen LogP contribution in [-0.4, -0.2) is 30.0 Å². The van der Waals surface area contributed by atoms with Gasteiger partial charge < -0.3 is 19.7 Å². The Labute approximate surface area is 175 Å². The summed E-state index contributed by atoms with van der Waals surface area (Å²) in [7, 11) is 1.59.